The van der Waals surface area contributed by atoms with E-state index in [-0.39, 0.29) is 10.8 Å². The van der Waals surface area contributed by atoms with Crippen molar-refractivity contribution in [1.29, 1.82) is 0 Å². The van der Waals surface area contributed by atoms with Crippen LogP contribution in [0.25, 0.3) is 0 Å². The van der Waals surface area contributed by atoms with E-state index in [2.05, 4.69) is 31.0 Å². The first-order valence-corrected chi connectivity index (χ1v) is 10.9. The predicted octanol–water partition coefficient (Wildman–Crippen LogP) is 3.95. The molecule has 0 radical (unpaired) electrons. The zero-order valence-corrected chi connectivity index (χ0v) is 17.0. The molecule has 1 aliphatic rings. The summed E-state index contributed by atoms with van der Waals surface area (Å²) >= 11 is 3.32. The Bertz CT molecular complexity index is 939. The van der Waals surface area contributed by atoms with Gasteiger partial charge in [0.05, 0.1) is 4.90 Å². The molecule has 142 valence electrons. The quantitative estimate of drug-likeness (QED) is 0.740. The number of halogens is 1. The number of aliphatic imine (C=N–C) groups is 1. The van der Waals surface area contributed by atoms with Gasteiger partial charge in [-0.2, -0.15) is 0 Å². The fourth-order valence-electron chi connectivity index (χ4n) is 2.69. The lowest BCUT2D eigenvalue weighted by atomic mass is 10.2. The molecule has 2 aromatic rings. The molecular weight excluding hydrogens is 430 g/mol. The van der Waals surface area contributed by atoms with E-state index in [1.54, 1.807) is 36.4 Å². The van der Waals surface area contributed by atoms with Crippen molar-refractivity contribution in [1.82, 2.24) is 4.72 Å². The van der Waals surface area contributed by atoms with Gasteiger partial charge in [-0.1, -0.05) is 22.4 Å². The molecule has 1 heterocycles. The van der Waals surface area contributed by atoms with Crippen LogP contribution in [0, 0.1) is 0 Å². The van der Waals surface area contributed by atoms with Crippen LogP contribution in [-0.4, -0.2) is 26.7 Å². The third kappa shape index (κ3) is 5.40. The van der Waals surface area contributed by atoms with Crippen molar-refractivity contribution >= 4 is 43.4 Å². The van der Waals surface area contributed by atoms with Gasteiger partial charge in [-0.25, -0.2) is 8.42 Å². The van der Waals surface area contributed by atoms with E-state index in [9.17, 15) is 13.2 Å². The SMILES string of the molecule is O=C(Nc1ccc(S(=O)(=O)NC2=NCCCCC2)cc1)c1ccc(Br)cc1. The zero-order chi connectivity index (χ0) is 19.3. The summed E-state index contributed by atoms with van der Waals surface area (Å²) in [7, 11) is -3.68. The summed E-state index contributed by atoms with van der Waals surface area (Å²) in [6.45, 7) is 0.652. The lowest BCUT2D eigenvalue weighted by Crippen LogP contribution is -2.30. The molecule has 0 saturated heterocycles. The molecule has 0 saturated carbocycles. The van der Waals surface area contributed by atoms with E-state index in [0.717, 1.165) is 23.7 Å². The van der Waals surface area contributed by atoms with Crippen LogP contribution in [0.15, 0.2) is 62.9 Å². The van der Waals surface area contributed by atoms with E-state index in [1.165, 1.54) is 12.1 Å². The average molecular weight is 450 g/mol. The standard InChI is InChI=1S/C19H20BrN3O3S/c20-15-7-5-14(6-8-15)19(24)22-16-9-11-17(12-10-16)27(25,26)23-18-4-2-1-3-13-21-18/h5-12H,1-4,13H2,(H,21,23)(H,22,24). The number of amides is 1. The Morgan fingerprint density at radius 1 is 0.963 bits per heavy atom. The average Bonchev–Trinajstić information content (AvgIpc) is 2.91. The molecule has 6 nitrogen and oxygen atoms in total. The van der Waals surface area contributed by atoms with Crippen molar-refractivity contribution in [3.8, 4) is 0 Å². The molecule has 2 N–H and O–H groups in total. The second-order valence-electron chi connectivity index (χ2n) is 6.23. The molecule has 3 rings (SSSR count). The first kappa shape index (κ1) is 19.6. The lowest BCUT2D eigenvalue weighted by Gasteiger charge is -2.11. The molecule has 1 aliphatic heterocycles. The third-order valence-corrected chi connectivity index (χ3v) is 6.08. The molecule has 0 spiro atoms. The first-order valence-electron chi connectivity index (χ1n) is 8.67. The third-order valence-electron chi connectivity index (χ3n) is 4.16. The van der Waals surface area contributed by atoms with Crippen LogP contribution < -0.4 is 10.0 Å². The molecular formula is C19H20BrN3O3S. The summed E-state index contributed by atoms with van der Waals surface area (Å²) in [5.41, 5.74) is 1.04. The molecule has 0 bridgehead atoms. The molecule has 0 atom stereocenters. The van der Waals surface area contributed by atoms with Crippen LogP contribution in [0.2, 0.25) is 0 Å². The number of carbonyl (C=O) groups is 1. The van der Waals surface area contributed by atoms with Crippen molar-refractivity contribution in [2.45, 2.75) is 30.6 Å². The second-order valence-corrected chi connectivity index (χ2v) is 8.83. The normalized spacial score (nSPS) is 14.8. The minimum atomic E-state index is -3.68. The summed E-state index contributed by atoms with van der Waals surface area (Å²) < 4.78 is 28.5. The van der Waals surface area contributed by atoms with E-state index >= 15 is 0 Å². The Hall–Kier alpha value is -2.19. The molecule has 8 heteroatoms. The smallest absolute Gasteiger partial charge is 0.262 e. The summed E-state index contributed by atoms with van der Waals surface area (Å²) in [6, 6.07) is 13.1. The Balaban J connectivity index is 1.67. The number of sulfonamides is 1. The van der Waals surface area contributed by atoms with Gasteiger partial charge in [0.2, 0.25) is 0 Å². The van der Waals surface area contributed by atoms with E-state index < -0.39 is 10.0 Å². The van der Waals surface area contributed by atoms with Gasteiger partial charge in [-0.3, -0.25) is 14.5 Å². The van der Waals surface area contributed by atoms with Crippen molar-refractivity contribution < 1.29 is 13.2 Å². The highest BCUT2D eigenvalue weighted by Crippen LogP contribution is 2.17. The van der Waals surface area contributed by atoms with Crippen LogP contribution >= 0.6 is 15.9 Å². The van der Waals surface area contributed by atoms with Crippen LogP contribution in [-0.2, 0) is 10.0 Å². The van der Waals surface area contributed by atoms with Crippen LogP contribution in [0.1, 0.15) is 36.0 Å². The number of hydrogen-bond donors (Lipinski definition) is 2. The maximum atomic E-state index is 12.5. The largest absolute Gasteiger partial charge is 0.322 e. The molecule has 0 fully saturated rings. The molecule has 2 aromatic carbocycles. The highest BCUT2D eigenvalue weighted by atomic mass is 79.9. The molecule has 0 aliphatic carbocycles. The van der Waals surface area contributed by atoms with Crippen molar-refractivity contribution in [2.75, 3.05) is 11.9 Å². The highest BCUT2D eigenvalue weighted by molar-refractivity contribution is 9.10. The Kier molecular flexibility index (Phi) is 6.28. The number of carbonyl (C=O) groups excluding carboxylic acids is 1. The Morgan fingerprint density at radius 3 is 2.37 bits per heavy atom. The van der Waals surface area contributed by atoms with Crippen molar-refractivity contribution in [3.05, 3.63) is 58.6 Å². The first-order chi connectivity index (χ1) is 12.9. The number of hydrogen-bond acceptors (Lipinski definition) is 4. The Labute approximate surface area is 167 Å². The maximum Gasteiger partial charge on any atom is 0.262 e. The molecule has 0 unspecified atom stereocenters. The van der Waals surface area contributed by atoms with Crippen molar-refractivity contribution in [3.63, 3.8) is 0 Å². The minimum Gasteiger partial charge on any atom is -0.322 e. The number of anilines is 1. The van der Waals surface area contributed by atoms with Gasteiger partial charge < -0.3 is 5.32 Å². The van der Waals surface area contributed by atoms with Gasteiger partial charge >= 0.3 is 0 Å². The molecule has 0 aromatic heterocycles. The molecule has 27 heavy (non-hydrogen) atoms. The maximum absolute atomic E-state index is 12.5. The van der Waals surface area contributed by atoms with E-state index in [1.807, 2.05) is 0 Å². The van der Waals surface area contributed by atoms with Gasteiger partial charge in [0.15, 0.2) is 0 Å². The van der Waals surface area contributed by atoms with E-state index in [0.29, 0.717) is 30.1 Å². The van der Waals surface area contributed by atoms with Crippen LogP contribution in [0.3, 0.4) is 0 Å². The zero-order valence-electron chi connectivity index (χ0n) is 14.6. The second kappa shape index (κ2) is 8.67. The van der Waals surface area contributed by atoms with E-state index in [4.69, 9.17) is 0 Å². The lowest BCUT2D eigenvalue weighted by molar-refractivity contribution is 0.102. The predicted molar refractivity (Wildman–Crippen MR) is 110 cm³/mol. The minimum absolute atomic E-state index is 0.135. The van der Waals surface area contributed by atoms with Gasteiger partial charge in [-0.15, -0.1) is 0 Å². The van der Waals surface area contributed by atoms with Crippen LogP contribution in [0.4, 0.5) is 5.69 Å². The van der Waals surface area contributed by atoms with Crippen molar-refractivity contribution in [2.24, 2.45) is 4.99 Å². The van der Waals surface area contributed by atoms with Gasteiger partial charge in [0.1, 0.15) is 5.84 Å². The monoisotopic (exact) mass is 449 g/mol. The molecule has 1 amide bonds. The number of nitrogens with zero attached hydrogens (tertiary/aromatic N) is 1. The highest BCUT2D eigenvalue weighted by Gasteiger charge is 2.17. The topological polar surface area (TPSA) is 87.6 Å². The van der Waals surface area contributed by atoms with Gasteiger partial charge in [-0.05, 0) is 61.4 Å². The Morgan fingerprint density at radius 2 is 1.67 bits per heavy atom. The summed E-state index contributed by atoms with van der Waals surface area (Å²) in [4.78, 5) is 16.7. The number of nitrogens with one attached hydrogen (secondary N) is 2. The number of amidine groups is 1. The summed E-state index contributed by atoms with van der Waals surface area (Å²) in [5, 5.41) is 2.75. The van der Waals surface area contributed by atoms with Crippen LogP contribution in [0.5, 0.6) is 0 Å². The van der Waals surface area contributed by atoms with Gasteiger partial charge in [0.25, 0.3) is 15.9 Å². The number of benzene rings is 2. The summed E-state index contributed by atoms with van der Waals surface area (Å²) in [6.07, 6.45) is 3.61. The number of rotatable bonds is 4. The van der Waals surface area contributed by atoms with Gasteiger partial charge in [0, 0.05) is 28.7 Å². The fraction of sp³-hybridized carbons (Fsp3) is 0.263. The summed E-state index contributed by atoms with van der Waals surface area (Å²) in [5.74, 6) is 0.254. The fourth-order valence-corrected chi connectivity index (χ4v) is 4.05.